The van der Waals surface area contributed by atoms with Crippen LogP contribution in [0.25, 0.3) is 0 Å². The standard InChI is InChI=1S/C13H22BrNO2/c1-10-4-5-12(17-10)13(16)15-8-2-3-11(9-15)6-7-14/h10-12H,2-9H2,1H3. The van der Waals surface area contributed by atoms with Crippen molar-refractivity contribution in [2.45, 2.75) is 51.2 Å². The zero-order chi connectivity index (χ0) is 12.3. The number of nitrogens with zero attached hydrogens (tertiary/aromatic N) is 1. The fourth-order valence-electron chi connectivity index (χ4n) is 2.84. The van der Waals surface area contributed by atoms with Crippen LogP contribution < -0.4 is 0 Å². The fourth-order valence-corrected chi connectivity index (χ4v) is 3.49. The minimum atomic E-state index is -0.160. The largest absolute Gasteiger partial charge is 0.365 e. The first kappa shape index (κ1) is 13.3. The van der Waals surface area contributed by atoms with E-state index in [0.29, 0.717) is 5.92 Å². The lowest BCUT2D eigenvalue weighted by Crippen LogP contribution is -2.45. The summed E-state index contributed by atoms with van der Waals surface area (Å²) in [6, 6.07) is 0. The number of carbonyl (C=O) groups is 1. The number of hydrogen-bond acceptors (Lipinski definition) is 2. The smallest absolute Gasteiger partial charge is 0.251 e. The van der Waals surface area contributed by atoms with Gasteiger partial charge in [0.15, 0.2) is 0 Å². The van der Waals surface area contributed by atoms with Gasteiger partial charge >= 0.3 is 0 Å². The summed E-state index contributed by atoms with van der Waals surface area (Å²) in [5, 5.41) is 1.04. The highest BCUT2D eigenvalue weighted by molar-refractivity contribution is 9.09. The van der Waals surface area contributed by atoms with Gasteiger partial charge in [-0.1, -0.05) is 15.9 Å². The molecule has 0 aromatic rings. The molecule has 0 saturated carbocycles. The van der Waals surface area contributed by atoms with Crippen LogP contribution in [0.15, 0.2) is 0 Å². The number of likely N-dealkylation sites (tertiary alicyclic amines) is 1. The van der Waals surface area contributed by atoms with Crippen LogP contribution >= 0.6 is 15.9 Å². The Balaban J connectivity index is 1.86. The van der Waals surface area contributed by atoms with Gasteiger partial charge in [-0.3, -0.25) is 4.79 Å². The molecule has 0 bridgehead atoms. The molecule has 0 aromatic carbocycles. The van der Waals surface area contributed by atoms with E-state index in [0.717, 1.165) is 37.7 Å². The van der Waals surface area contributed by atoms with Crippen molar-refractivity contribution in [1.82, 2.24) is 4.90 Å². The molecule has 2 aliphatic rings. The normalized spacial score (nSPS) is 34.0. The second-order valence-corrected chi connectivity index (χ2v) is 6.08. The number of ether oxygens (including phenoxy) is 1. The lowest BCUT2D eigenvalue weighted by Gasteiger charge is -2.34. The molecule has 1 amide bonds. The van der Waals surface area contributed by atoms with E-state index >= 15 is 0 Å². The van der Waals surface area contributed by atoms with Gasteiger partial charge in [0.1, 0.15) is 6.10 Å². The highest BCUT2D eigenvalue weighted by Crippen LogP contribution is 2.25. The van der Waals surface area contributed by atoms with Crippen molar-refractivity contribution in [3.63, 3.8) is 0 Å². The van der Waals surface area contributed by atoms with E-state index in [1.807, 2.05) is 4.90 Å². The Kier molecular flexibility index (Phi) is 4.86. The molecule has 17 heavy (non-hydrogen) atoms. The van der Waals surface area contributed by atoms with Gasteiger partial charge in [0, 0.05) is 18.4 Å². The highest BCUT2D eigenvalue weighted by atomic mass is 79.9. The van der Waals surface area contributed by atoms with Gasteiger partial charge in [0.25, 0.3) is 5.91 Å². The first-order valence-corrected chi connectivity index (χ1v) is 7.83. The van der Waals surface area contributed by atoms with Crippen LogP contribution in [0.5, 0.6) is 0 Å². The Morgan fingerprint density at radius 2 is 2.24 bits per heavy atom. The molecule has 0 aromatic heterocycles. The third-order valence-corrected chi connectivity index (χ3v) is 4.31. The van der Waals surface area contributed by atoms with Crippen LogP contribution in [0.3, 0.4) is 0 Å². The molecule has 2 rings (SSSR count). The second kappa shape index (κ2) is 6.19. The average molecular weight is 304 g/mol. The summed E-state index contributed by atoms with van der Waals surface area (Å²) >= 11 is 3.49. The number of alkyl halides is 1. The summed E-state index contributed by atoms with van der Waals surface area (Å²) in [5.41, 5.74) is 0. The number of amides is 1. The van der Waals surface area contributed by atoms with E-state index in [9.17, 15) is 4.79 Å². The predicted molar refractivity (Wildman–Crippen MR) is 71.3 cm³/mol. The molecule has 0 spiro atoms. The molecule has 2 fully saturated rings. The van der Waals surface area contributed by atoms with Crippen LogP contribution in [-0.4, -0.2) is 41.4 Å². The molecular formula is C13H22BrNO2. The topological polar surface area (TPSA) is 29.5 Å². The summed E-state index contributed by atoms with van der Waals surface area (Å²) in [5.74, 6) is 0.902. The van der Waals surface area contributed by atoms with Crippen LogP contribution in [0.2, 0.25) is 0 Å². The van der Waals surface area contributed by atoms with Crippen molar-refractivity contribution < 1.29 is 9.53 Å². The summed E-state index contributed by atoms with van der Waals surface area (Å²) in [7, 11) is 0. The molecule has 98 valence electrons. The zero-order valence-electron chi connectivity index (χ0n) is 10.5. The molecule has 2 aliphatic heterocycles. The minimum Gasteiger partial charge on any atom is -0.365 e. The number of piperidine rings is 1. The van der Waals surface area contributed by atoms with Crippen molar-refractivity contribution in [2.75, 3.05) is 18.4 Å². The van der Waals surface area contributed by atoms with Gasteiger partial charge in [-0.15, -0.1) is 0 Å². The molecule has 3 nitrogen and oxygen atoms in total. The maximum absolute atomic E-state index is 12.3. The lowest BCUT2D eigenvalue weighted by atomic mass is 9.95. The van der Waals surface area contributed by atoms with Crippen LogP contribution in [0, 0.1) is 5.92 Å². The van der Waals surface area contributed by atoms with Gasteiger partial charge < -0.3 is 9.64 Å². The Morgan fingerprint density at radius 1 is 1.41 bits per heavy atom. The van der Waals surface area contributed by atoms with Crippen molar-refractivity contribution in [3.05, 3.63) is 0 Å². The lowest BCUT2D eigenvalue weighted by molar-refractivity contribution is -0.144. The van der Waals surface area contributed by atoms with Crippen molar-refractivity contribution in [2.24, 2.45) is 5.92 Å². The Bertz CT molecular complexity index is 270. The van der Waals surface area contributed by atoms with E-state index in [1.54, 1.807) is 0 Å². The monoisotopic (exact) mass is 303 g/mol. The summed E-state index contributed by atoms with van der Waals surface area (Å²) in [6.07, 6.45) is 5.60. The van der Waals surface area contributed by atoms with Crippen molar-refractivity contribution in [1.29, 1.82) is 0 Å². The molecule has 0 aliphatic carbocycles. The van der Waals surface area contributed by atoms with Crippen LogP contribution in [0.4, 0.5) is 0 Å². The van der Waals surface area contributed by atoms with Gasteiger partial charge in [-0.25, -0.2) is 0 Å². The maximum Gasteiger partial charge on any atom is 0.251 e. The molecule has 0 N–H and O–H groups in total. The predicted octanol–water partition coefficient (Wildman–Crippen LogP) is 2.58. The maximum atomic E-state index is 12.3. The second-order valence-electron chi connectivity index (χ2n) is 5.28. The SMILES string of the molecule is CC1CCC(C(=O)N2CCCC(CCBr)C2)O1. The molecule has 3 atom stereocenters. The van der Waals surface area contributed by atoms with E-state index in [2.05, 4.69) is 22.9 Å². The third kappa shape index (κ3) is 3.44. The Hall–Kier alpha value is -0.0900. The number of carbonyl (C=O) groups excluding carboxylic acids is 1. The molecular weight excluding hydrogens is 282 g/mol. The van der Waals surface area contributed by atoms with Crippen molar-refractivity contribution in [3.8, 4) is 0 Å². The van der Waals surface area contributed by atoms with Gasteiger partial charge in [-0.2, -0.15) is 0 Å². The van der Waals surface area contributed by atoms with Crippen LogP contribution in [-0.2, 0) is 9.53 Å². The van der Waals surface area contributed by atoms with E-state index in [4.69, 9.17) is 4.74 Å². The Morgan fingerprint density at radius 3 is 2.88 bits per heavy atom. The zero-order valence-corrected chi connectivity index (χ0v) is 12.1. The van der Waals surface area contributed by atoms with E-state index in [-0.39, 0.29) is 18.1 Å². The number of hydrogen-bond donors (Lipinski definition) is 0. The van der Waals surface area contributed by atoms with Gasteiger partial charge in [0.05, 0.1) is 6.10 Å². The summed E-state index contributed by atoms with van der Waals surface area (Å²) in [4.78, 5) is 14.3. The average Bonchev–Trinajstić information content (AvgIpc) is 2.76. The fraction of sp³-hybridized carbons (Fsp3) is 0.923. The van der Waals surface area contributed by atoms with E-state index in [1.165, 1.54) is 12.8 Å². The summed E-state index contributed by atoms with van der Waals surface area (Å²) < 4.78 is 5.67. The molecule has 2 heterocycles. The van der Waals surface area contributed by atoms with Gasteiger partial charge in [-0.05, 0) is 44.9 Å². The quantitative estimate of drug-likeness (QED) is 0.750. The van der Waals surface area contributed by atoms with Crippen molar-refractivity contribution >= 4 is 21.8 Å². The molecule has 4 heteroatoms. The summed E-state index contributed by atoms with van der Waals surface area (Å²) in [6.45, 7) is 3.90. The first-order chi connectivity index (χ1) is 8.20. The first-order valence-electron chi connectivity index (χ1n) is 6.71. The number of rotatable bonds is 3. The molecule has 0 radical (unpaired) electrons. The third-order valence-electron chi connectivity index (χ3n) is 3.86. The van der Waals surface area contributed by atoms with Crippen LogP contribution in [0.1, 0.15) is 39.0 Å². The van der Waals surface area contributed by atoms with Gasteiger partial charge in [0.2, 0.25) is 0 Å². The molecule has 3 unspecified atom stereocenters. The van der Waals surface area contributed by atoms with E-state index < -0.39 is 0 Å². The number of halogens is 1. The molecule has 2 saturated heterocycles. The minimum absolute atomic E-state index is 0.160. The highest BCUT2D eigenvalue weighted by Gasteiger charge is 2.33. The Labute approximate surface area is 112 Å².